The van der Waals surface area contributed by atoms with Crippen LogP contribution in [0.1, 0.15) is 21.5 Å². The second-order valence-corrected chi connectivity index (χ2v) is 6.06. The third-order valence-electron chi connectivity index (χ3n) is 4.15. The van der Waals surface area contributed by atoms with E-state index in [9.17, 15) is 18.0 Å². The van der Waals surface area contributed by atoms with Crippen LogP contribution >= 0.6 is 0 Å². The topological polar surface area (TPSA) is 72.4 Å². The van der Waals surface area contributed by atoms with Gasteiger partial charge in [-0.25, -0.2) is 0 Å². The predicted molar refractivity (Wildman–Crippen MR) is 93.3 cm³/mol. The van der Waals surface area contributed by atoms with E-state index in [0.29, 0.717) is 28.2 Å². The number of alkyl halides is 3. The van der Waals surface area contributed by atoms with Crippen LogP contribution in [0.2, 0.25) is 0 Å². The molecule has 1 N–H and O–H groups in total. The summed E-state index contributed by atoms with van der Waals surface area (Å²) in [7, 11) is 0. The number of aromatic nitrogens is 3. The fraction of sp³-hybridized carbons (Fsp3) is 0.105. The molecule has 1 amide bonds. The number of hydrogen-bond acceptors (Lipinski definition) is 4. The number of halogens is 3. The van der Waals surface area contributed by atoms with Gasteiger partial charge in [-0.2, -0.15) is 13.2 Å². The molecule has 0 aliphatic carbocycles. The molecule has 0 spiro atoms. The normalized spacial score (nSPS) is 11.7. The van der Waals surface area contributed by atoms with Crippen LogP contribution in [0.4, 0.5) is 13.2 Å². The molecule has 28 heavy (non-hydrogen) atoms. The maximum Gasteiger partial charge on any atom is 0.416 e. The van der Waals surface area contributed by atoms with Crippen molar-refractivity contribution in [1.82, 2.24) is 19.9 Å². The summed E-state index contributed by atoms with van der Waals surface area (Å²) in [5, 5.41) is 10.7. The van der Waals surface area contributed by atoms with Crippen molar-refractivity contribution in [2.75, 3.05) is 0 Å². The first kappa shape index (κ1) is 17.8. The molecule has 0 radical (unpaired) electrons. The van der Waals surface area contributed by atoms with Crippen molar-refractivity contribution in [3.05, 3.63) is 77.9 Å². The van der Waals surface area contributed by atoms with E-state index in [-0.39, 0.29) is 6.54 Å². The molecule has 1 aromatic carbocycles. The average Bonchev–Trinajstić information content (AvgIpc) is 3.34. The minimum atomic E-state index is -4.43. The number of fused-ring (bicyclic) bond motifs is 1. The molecular formula is C19H13F3N4O2. The summed E-state index contributed by atoms with van der Waals surface area (Å²) in [5.41, 5.74) is 1.17. The highest BCUT2D eigenvalue weighted by atomic mass is 19.4. The number of furan rings is 1. The summed E-state index contributed by atoms with van der Waals surface area (Å²) in [6.45, 7) is -0.0302. The van der Waals surface area contributed by atoms with Gasteiger partial charge in [0.2, 0.25) is 0 Å². The molecule has 3 heterocycles. The van der Waals surface area contributed by atoms with Crippen LogP contribution in [-0.4, -0.2) is 20.5 Å². The highest BCUT2D eigenvalue weighted by molar-refractivity contribution is 5.94. The number of pyridine rings is 1. The van der Waals surface area contributed by atoms with E-state index in [4.69, 9.17) is 4.42 Å². The number of rotatable bonds is 4. The average molecular weight is 386 g/mol. The van der Waals surface area contributed by atoms with Gasteiger partial charge in [-0.3, -0.25) is 9.20 Å². The Labute approximate surface area is 156 Å². The molecule has 0 bridgehead atoms. The van der Waals surface area contributed by atoms with Crippen LogP contribution in [-0.2, 0) is 12.7 Å². The van der Waals surface area contributed by atoms with Crippen molar-refractivity contribution in [3.63, 3.8) is 0 Å². The first-order valence-corrected chi connectivity index (χ1v) is 8.23. The number of benzene rings is 1. The molecule has 142 valence electrons. The molecule has 0 fully saturated rings. The van der Waals surface area contributed by atoms with E-state index in [1.165, 1.54) is 24.7 Å². The lowest BCUT2D eigenvalue weighted by Gasteiger charge is -2.10. The van der Waals surface area contributed by atoms with Crippen LogP contribution in [0.15, 0.2) is 65.6 Å². The zero-order valence-corrected chi connectivity index (χ0v) is 14.3. The number of carbonyl (C=O) groups excluding carboxylic acids is 1. The standard InChI is InChI=1S/C19H13F3N4O2/c20-19(21,22)15-3-1-2-12(8-15)9-23-18(27)13-4-5-16-24-25-17(26(16)10-13)14-6-7-28-11-14/h1-8,10-11H,9H2,(H,23,27). The zero-order chi connectivity index (χ0) is 19.7. The number of nitrogens with zero attached hydrogens (tertiary/aromatic N) is 3. The van der Waals surface area contributed by atoms with Crippen molar-refractivity contribution < 1.29 is 22.4 Å². The molecule has 4 aromatic rings. The number of amides is 1. The van der Waals surface area contributed by atoms with Gasteiger partial charge in [-0.15, -0.1) is 10.2 Å². The van der Waals surface area contributed by atoms with Crippen molar-refractivity contribution in [2.24, 2.45) is 0 Å². The van der Waals surface area contributed by atoms with Crippen molar-refractivity contribution in [2.45, 2.75) is 12.7 Å². The summed E-state index contributed by atoms with van der Waals surface area (Å²) in [6, 6.07) is 9.76. The predicted octanol–water partition coefficient (Wildman–Crippen LogP) is 3.94. The van der Waals surface area contributed by atoms with Gasteiger partial charge in [0.05, 0.1) is 23.0 Å². The molecule has 4 rings (SSSR count). The zero-order valence-electron chi connectivity index (χ0n) is 14.3. The van der Waals surface area contributed by atoms with E-state index in [0.717, 1.165) is 12.1 Å². The maximum atomic E-state index is 12.8. The Balaban J connectivity index is 1.54. The van der Waals surface area contributed by atoms with Crippen LogP contribution in [0.3, 0.4) is 0 Å². The van der Waals surface area contributed by atoms with E-state index >= 15 is 0 Å². The highest BCUT2D eigenvalue weighted by Gasteiger charge is 2.30. The molecule has 6 nitrogen and oxygen atoms in total. The Hall–Kier alpha value is -3.62. The summed E-state index contributed by atoms with van der Waals surface area (Å²) < 4.78 is 45.1. The molecule has 9 heteroatoms. The van der Waals surface area contributed by atoms with Crippen LogP contribution < -0.4 is 5.32 Å². The fourth-order valence-corrected chi connectivity index (χ4v) is 2.76. The summed E-state index contributed by atoms with van der Waals surface area (Å²) >= 11 is 0. The van der Waals surface area contributed by atoms with Gasteiger partial charge in [0.15, 0.2) is 11.5 Å². The number of hydrogen-bond donors (Lipinski definition) is 1. The quantitative estimate of drug-likeness (QED) is 0.577. The lowest BCUT2D eigenvalue weighted by molar-refractivity contribution is -0.137. The third-order valence-corrected chi connectivity index (χ3v) is 4.15. The van der Waals surface area contributed by atoms with Gasteiger partial charge in [0.25, 0.3) is 5.91 Å². The van der Waals surface area contributed by atoms with Gasteiger partial charge in [-0.1, -0.05) is 12.1 Å². The van der Waals surface area contributed by atoms with Gasteiger partial charge in [-0.05, 0) is 35.9 Å². The molecule has 3 aromatic heterocycles. The van der Waals surface area contributed by atoms with Crippen LogP contribution in [0, 0.1) is 0 Å². The van der Waals surface area contributed by atoms with Gasteiger partial charge < -0.3 is 9.73 Å². The van der Waals surface area contributed by atoms with Crippen molar-refractivity contribution in [3.8, 4) is 11.4 Å². The first-order valence-electron chi connectivity index (χ1n) is 8.23. The van der Waals surface area contributed by atoms with E-state index in [1.807, 2.05) is 0 Å². The largest absolute Gasteiger partial charge is 0.472 e. The number of nitrogens with one attached hydrogen (secondary N) is 1. The monoisotopic (exact) mass is 386 g/mol. The molecular weight excluding hydrogens is 373 g/mol. The Morgan fingerprint density at radius 1 is 1.14 bits per heavy atom. The third kappa shape index (κ3) is 3.46. The second-order valence-electron chi connectivity index (χ2n) is 6.06. The number of carbonyl (C=O) groups is 1. The fourth-order valence-electron chi connectivity index (χ4n) is 2.76. The second kappa shape index (κ2) is 6.84. The summed E-state index contributed by atoms with van der Waals surface area (Å²) in [4.78, 5) is 12.5. The van der Waals surface area contributed by atoms with Gasteiger partial charge >= 0.3 is 6.18 Å². The van der Waals surface area contributed by atoms with E-state index < -0.39 is 17.6 Å². The van der Waals surface area contributed by atoms with E-state index in [2.05, 4.69) is 15.5 Å². The van der Waals surface area contributed by atoms with E-state index in [1.54, 1.807) is 28.8 Å². The van der Waals surface area contributed by atoms with Crippen LogP contribution in [0.5, 0.6) is 0 Å². The molecule has 0 saturated carbocycles. The smallest absolute Gasteiger partial charge is 0.416 e. The molecule has 0 atom stereocenters. The summed E-state index contributed by atoms with van der Waals surface area (Å²) in [6.07, 6.45) is 0.154. The SMILES string of the molecule is O=C(NCc1cccc(C(F)(F)F)c1)c1ccc2nnc(-c3ccoc3)n2c1. The van der Waals surface area contributed by atoms with Crippen molar-refractivity contribution in [1.29, 1.82) is 0 Å². The highest BCUT2D eigenvalue weighted by Crippen LogP contribution is 2.29. The molecule has 0 aliphatic heterocycles. The Morgan fingerprint density at radius 3 is 2.75 bits per heavy atom. The lowest BCUT2D eigenvalue weighted by atomic mass is 10.1. The molecule has 0 saturated heterocycles. The van der Waals surface area contributed by atoms with Gasteiger partial charge in [0.1, 0.15) is 6.26 Å². The molecule has 0 aliphatic rings. The minimum Gasteiger partial charge on any atom is -0.472 e. The first-order chi connectivity index (χ1) is 13.4. The Bertz CT molecular complexity index is 1130. The summed E-state index contributed by atoms with van der Waals surface area (Å²) in [5.74, 6) is 0.0856. The molecule has 0 unspecified atom stereocenters. The Morgan fingerprint density at radius 2 is 2.00 bits per heavy atom. The van der Waals surface area contributed by atoms with Gasteiger partial charge in [0, 0.05) is 12.7 Å². The minimum absolute atomic E-state index is 0.0302. The lowest BCUT2D eigenvalue weighted by Crippen LogP contribution is -2.23. The van der Waals surface area contributed by atoms with Crippen LogP contribution in [0.25, 0.3) is 17.0 Å². The Kier molecular flexibility index (Phi) is 4.34. The van der Waals surface area contributed by atoms with Crippen molar-refractivity contribution >= 4 is 11.6 Å². The maximum absolute atomic E-state index is 12.8.